The molecule has 124 valence electrons. The van der Waals surface area contributed by atoms with Gasteiger partial charge in [0.2, 0.25) is 5.91 Å². The number of hydrogen-bond acceptors (Lipinski definition) is 3. The van der Waals surface area contributed by atoms with Gasteiger partial charge < -0.3 is 15.0 Å². The van der Waals surface area contributed by atoms with E-state index in [1.807, 2.05) is 18.2 Å². The van der Waals surface area contributed by atoms with Crippen LogP contribution in [-0.2, 0) is 9.53 Å². The second kappa shape index (κ2) is 7.23. The second-order valence-electron chi connectivity index (χ2n) is 5.47. The van der Waals surface area contributed by atoms with E-state index in [0.717, 1.165) is 16.6 Å². The number of carbonyl (C=O) groups excluding carboxylic acids is 1. The fourth-order valence-electron chi connectivity index (χ4n) is 2.43. The van der Waals surface area contributed by atoms with Crippen LogP contribution >= 0.6 is 0 Å². The van der Waals surface area contributed by atoms with Crippen molar-refractivity contribution < 1.29 is 13.9 Å². The van der Waals surface area contributed by atoms with Crippen LogP contribution in [-0.4, -0.2) is 29.6 Å². The topological polar surface area (TPSA) is 67.0 Å². The van der Waals surface area contributed by atoms with Crippen LogP contribution in [0.2, 0.25) is 0 Å². The summed E-state index contributed by atoms with van der Waals surface area (Å²) < 4.78 is 17.9. The van der Waals surface area contributed by atoms with Crippen LogP contribution in [0, 0.1) is 5.82 Å². The smallest absolute Gasteiger partial charge is 0.224 e. The first-order valence-electron chi connectivity index (χ1n) is 7.70. The standard InChI is InChI=1S/C18H18FN3O2/c1-24-10-2-3-17(23)20-14-8-9-15-16(11-14)22-18(21-15)12-4-6-13(19)7-5-12/h4-9,11H,2-3,10H2,1H3,(H,20,23)(H,21,22). The molecule has 0 saturated carbocycles. The van der Waals surface area contributed by atoms with E-state index in [4.69, 9.17) is 4.74 Å². The minimum Gasteiger partial charge on any atom is -0.385 e. The van der Waals surface area contributed by atoms with E-state index in [-0.39, 0.29) is 11.7 Å². The molecule has 1 amide bonds. The largest absolute Gasteiger partial charge is 0.385 e. The zero-order chi connectivity index (χ0) is 16.9. The third-order valence-electron chi connectivity index (χ3n) is 3.64. The number of aromatic amines is 1. The van der Waals surface area contributed by atoms with Crippen molar-refractivity contribution in [1.82, 2.24) is 9.97 Å². The number of rotatable bonds is 6. The lowest BCUT2D eigenvalue weighted by Gasteiger charge is -2.04. The Labute approximate surface area is 138 Å². The Morgan fingerprint density at radius 2 is 2.04 bits per heavy atom. The van der Waals surface area contributed by atoms with Gasteiger partial charge in [-0.25, -0.2) is 9.37 Å². The summed E-state index contributed by atoms with van der Waals surface area (Å²) in [6.45, 7) is 0.564. The lowest BCUT2D eigenvalue weighted by Crippen LogP contribution is -2.11. The Bertz CT molecular complexity index is 843. The van der Waals surface area contributed by atoms with E-state index in [9.17, 15) is 9.18 Å². The number of methoxy groups -OCH3 is 1. The monoisotopic (exact) mass is 327 g/mol. The predicted octanol–water partition coefficient (Wildman–Crippen LogP) is 3.73. The molecule has 6 heteroatoms. The van der Waals surface area contributed by atoms with E-state index in [0.29, 0.717) is 31.0 Å². The third-order valence-corrected chi connectivity index (χ3v) is 3.64. The van der Waals surface area contributed by atoms with Crippen molar-refractivity contribution >= 4 is 22.6 Å². The lowest BCUT2D eigenvalue weighted by atomic mass is 10.2. The molecule has 0 atom stereocenters. The molecule has 0 aliphatic carbocycles. The van der Waals surface area contributed by atoms with Crippen LogP contribution in [0.5, 0.6) is 0 Å². The van der Waals surface area contributed by atoms with Gasteiger partial charge >= 0.3 is 0 Å². The molecule has 2 aromatic carbocycles. The molecular formula is C18H18FN3O2. The zero-order valence-electron chi connectivity index (χ0n) is 13.3. The molecule has 1 aromatic heterocycles. The van der Waals surface area contributed by atoms with Gasteiger partial charge in [0.05, 0.1) is 11.0 Å². The van der Waals surface area contributed by atoms with Gasteiger partial charge in [0, 0.05) is 31.4 Å². The molecule has 3 rings (SSSR count). The van der Waals surface area contributed by atoms with Crippen LogP contribution < -0.4 is 5.32 Å². The maximum absolute atomic E-state index is 13.0. The highest BCUT2D eigenvalue weighted by Crippen LogP contribution is 2.23. The predicted molar refractivity (Wildman–Crippen MR) is 91.2 cm³/mol. The molecule has 0 bridgehead atoms. The number of carbonyl (C=O) groups is 1. The van der Waals surface area contributed by atoms with Gasteiger partial charge in [0.1, 0.15) is 11.6 Å². The molecule has 0 aliphatic rings. The molecule has 0 fully saturated rings. The summed E-state index contributed by atoms with van der Waals surface area (Å²) >= 11 is 0. The quantitative estimate of drug-likeness (QED) is 0.678. The zero-order valence-corrected chi connectivity index (χ0v) is 13.3. The second-order valence-corrected chi connectivity index (χ2v) is 5.47. The lowest BCUT2D eigenvalue weighted by molar-refractivity contribution is -0.116. The first-order chi connectivity index (χ1) is 11.7. The van der Waals surface area contributed by atoms with E-state index >= 15 is 0 Å². The van der Waals surface area contributed by atoms with E-state index in [1.165, 1.54) is 12.1 Å². The van der Waals surface area contributed by atoms with Gasteiger partial charge in [-0.15, -0.1) is 0 Å². The number of ether oxygens (including phenoxy) is 1. The normalized spacial score (nSPS) is 10.9. The van der Waals surface area contributed by atoms with Crippen molar-refractivity contribution in [2.45, 2.75) is 12.8 Å². The Kier molecular flexibility index (Phi) is 4.86. The number of hydrogen-bond donors (Lipinski definition) is 2. The summed E-state index contributed by atoms with van der Waals surface area (Å²) in [5.74, 6) is 0.326. The molecule has 5 nitrogen and oxygen atoms in total. The van der Waals surface area contributed by atoms with Crippen molar-refractivity contribution in [2.75, 3.05) is 19.0 Å². The number of anilines is 1. The SMILES string of the molecule is COCCCC(=O)Nc1ccc2nc(-c3ccc(F)cc3)[nH]c2c1. The number of nitrogens with zero attached hydrogens (tertiary/aromatic N) is 1. The van der Waals surface area contributed by atoms with Gasteiger partial charge in [-0.1, -0.05) is 0 Å². The Balaban J connectivity index is 1.76. The highest BCUT2D eigenvalue weighted by molar-refractivity contribution is 5.93. The van der Waals surface area contributed by atoms with Gasteiger partial charge in [0.15, 0.2) is 0 Å². The van der Waals surface area contributed by atoms with Gasteiger partial charge in [-0.3, -0.25) is 4.79 Å². The minimum atomic E-state index is -0.284. The van der Waals surface area contributed by atoms with E-state index in [1.54, 1.807) is 19.2 Å². The number of benzene rings is 2. The van der Waals surface area contributed by atoms with Crippen molar-refractivity contribution in [3.05, 3.63) is 48.3 Å². The molecule has 3 aromatic rings. The van der Waals surface area contributed by atoms with Crippen LogP contribution in [0.25, 0.3) is 22.4 Å². The fourth-order valence-corrected chi connectivity index (χ4v) is 2.43. The Morgan fingerprint density at radius 3 is 2.79 bits per heavy atom. The van der Waals surface area contributed by atoms with Gasteiger partial charge in [-0.05, 0) is 48.9 Å². The molecule has 24 heavy (non-hydrogen) atoms. The number of fused-ring (bicyclic) bond motifs is 1. The van der Waals surface area contributed by atoms with Crippen LogP contribution in [0.4, 0.5) is 10.1 Å². The molecule has 0 unspecified atom stereocenters. The maximum atomic E-state index is 13.0. The molecule has 2 N–H and O–H groups in total. The van der Waals surface area contributed by atoms with Crippen molar-refractivity contribution in [3.63, 3.8) is 0 Å². The van der Waals surface area contributed by atoms with Crippen LogP contribution in [0.1, 0.15) is 12.8 Å². The van der Waals surface area contributed by atoms with Gasteiger partial charge in [-0.2, -0.15) is 0 Å². The fraction of sp³-hybridized carbons (Fsp3) is 0.222. The molecule has 0 radical (unpaired) electrons. The summed E-state index contributed by atoms with van der Waals surface area (Å²) in [5, 5.41) is 2.86. The number of imidazole rings is 1. The maximum Gasteiger partial charge on any atom is 0.224 e. The number of halogens is 1. The molecule has 1 heterocycles. The van der Waals surface area contributed by atoms with E-state index < -0.39 is 0 Å². The number of H-pyrrole nitrogens is 1. The first-order valence-corrected chi connectivity index (χ1v) is 7.70. The average molecular weight is 327 g/mol. The molecular weight excluding hydrogens is 309 g/mol. The summed E-state index contributed by atoms with van der Waals surface area (Å²) in [4.78, 5) is 19.5. The Hall–Kier alpha value is -2.73. The van der Waals surface area contributed by atoms with E-state index in [2.05, 4.69) is 15.3 Å². The highest BCUT2D eigenvalue weighted by Gasteiger charge is 2.08. The summed E-state index contributed by atoms with van der Waals surface area (Å²) in [6, 6.07) is 11.6. The molecule has 0 aliphatic heterocycles. The summed E-state index contributed by atoms with van der Waals surface area (Å²) in [5.41, 5.74) is 3.10. The third kappa shape index (κ3) is 3.78. The first kappa shape index (κ1) is 16.1. The average Bonchev–Trinajstić information content (AvgIpc) is 2.99. The van der Waals surface area contributed by atoms with Crippen LogP contribution in [0.3, 0.4) is 0 Å². The summed E-state index contributed by atoms with van der Waals surface area (Å²) in [6.07, 6.45) is 1.10. The van der Waals surface area contributed by atoms with Crippen molar-refractivity contribution in [2.24, 2.45) is 0 Å². The van der Waals surface area contributed by atoms with Crippen molar-refractivity contribution in [1.29, 1.82) is 0 Å². The Morgan fingerprint density at radius 1 is 1.25 bits per heavy atom. The highest BCUT2D eigenvalue weighted by atomic mass is 19.1. The van der Waals surface area contributed by atoms with Gasteiger partial charge in [0.25, 0.3) is 0 Å². The molecule has 0 saturated heterocycles. The van der Waals surface area contributed by atoms with Crippen molar-refractivity contribution in [3.8, 4) is 11.4 Å². The van der Waals surface area contributed by atoms with Crippen LogP contribution in [0.15, 0.2) is 42.5 Å². The number of amides is 1. The molecule has 0 spiro atoms. The minimum absolute atomic E-state index is 0.0512. The number of aromatic nitrogens is 2. The number of nitrogens with one attached hydrogen (secondary N) is 2. The summed E-state index contributed by atoms with van der Waals surface area (Å²) in [7, 11) is 1.61.